The molecule has 0 spiro atoms. The molecule has 1 heterocycles. The lowest BCUT2D eigenvalue weighted by molar-refractivity contribution is 0.310. The van der Waals surface area contributed by atoms with Gasteiger partial charge in [-0.05, 0) is 45.6 Å². The van der Waals surface area contributed by atoms with Gasteiger partial charge in [0.05, 0.1) is 0 Å². The van der Waals surface area contributed by atoms with E-state index in [-0.39, 0.29) is 0 Å². The van der Waals surface area contributed by atoms with Crippen LogP contribution in [0.15, 0.2) is 11.1 Å². The van der Waals surface area contributed by atoms with E-state index in [4.69, 9.17) is 0 Å². The second-order valence-electron chi connectivity index (χ2n) is 6.28. The molecular weight excluding hydrogens is 230 g/mol. The van der Waals surface area contributed by atoms with Gasteiger partial charge < -0.3 is 4.90 Å². The average Bonchev–Trinajstić information content (AvgIpc) is 2.43. The summed E-state index contributed by atoms with van der Waals surface area (Å²) in [5.41, 5.74) is 3.66. The second kappa shape index (κ2) is 10.5. The molecule has 1 aliphatic heterocycles. The van der Waals surface area contributed by atoms with Crippen LogP contribution in [0.5, 0.6) is 0 Å². The van der Waals surface area contributed by atoms with E-state index in [1.165, 1.54) is 83.7 Å². The number of allylic oxidation sites excluding steroid dienone is 1. The van der Waals surface area contributed by atoms with Gasteiger partial charge in [-0.3, -0.25) is 0 Å². The Morgan fingerprint density at radius 3 is 2.05 bits per heavy atom. The normalized spacial score (nSPS) is 16.9. The van der Waals surface area contributed by atoms with Crippen LogP contribution in [-0.4, -0.2) is 25.0 Å². The fraction of sp³-hybridized carbons (Fsp3) is 0.889. The van der Waals surface area contributed by atoms with Crippen LogP contribution in [0.1, 0.15) is 84.5 Å². The fourth-order valence-corrected chi connectivity index (χ4v) is 3.05. The predicted molar refractivity (Wildman–Crippen MR) is 86.7 cm³/mol. The first-order valence-electron chi connectivity index (χ1n) is 8.66. The molecule has 0 unspecified atom stereocenters. The van der Waals surface area contributed by atoms with Crippen molar-refractivity contribution < 1.29 is 0 Å². The molecule has 0 aromatic rings. The maximum atomic E-state index is 2.47. The zero-order valence-corrected chi connectivity index (χ0v) is 13.6. The number of rotatable bonds is 9. The molecule has 0 saturated carbocycles. The Bertz CT molecular complexity index is 244. The highest BCUT2D eigenvalue weighted by molar-refractivity contribution is 5.16. The Morgan fingerprint density at radius 2 is 1.42 bits per heavy atom. The summed E-state index contributed by atoms with van der Waals surface area (Å²) in [6.45, 7) is 7.17. The van der Waals surface area contributed by atoms with E-state index < -0.39 is 0 Å². The molecule has 0 radical (unpaired) electrons. The molecule has 1 rings (SSSR count). The summed E-state index contributed by atoms with van der Waals surface area (Å²) in [7, 11) is 2.26. The number of likely N-dealkylation sites (tertiary alicyclic amines) is 1. The molecule has 1 aliphatic rings. The summed E-state index contributed by atoms with van der Waals surface area (Å²) in [6.07, 6.45) is 15.3. The van der Waals surface area contributed by atoms with Gasteiger partial charge in [0.2, 0.25) is 0 Å². The third-order valence-corrected chi connectivity index (χ3v) is 4.50. The van der Waals surface area contributed by atoms with Crippen LogP contribution in [0.25, 0.3) is 0 Å². The Balaban J connectivity index is 2.39. The molecule has 0 aliphatic carbocycles. The zero-order chi connectivity index (χ0) is 13.9. The highest BCUT2D eigenvalue weighted by Gasteiger charge is 2.13. The summed E-state index contributed by atoms with van der Waals surface area (Å²) >= 11 is 0. The summed E-state index contributed by atoms with van der Waals surface area (Å²) in [6, 6.07) is 0. The Labute approximate surface area is 121 Å². The van der Waals surface area contributed by atoms with Crippen molar-refractivity contribution in [1.82, 2.24) is 4.90 Å². The van der Waals surface area contributed by atoms with Crippen molar-refractivity contribution in [2.24, 2.45) is 0 Å². The van der Waals surface area contributed by atoms with Gasteiger partial charge in [0.15, 0.2) is 0 Å². The van der Waals surface area contributed by atoms with Crippen LogP contribution in [0, 0.1) is 0 Å². The van der Waals surface area contributed by atoms with Gasteiger partial charge in [-0.2, -0.15) is 0 Å². The second-order valence-corrected chi connectivity index (χ2v) is 6.28. The molecule has 0 N–H and O–H groups in total. The minimum absolute atomic E-state index is 1.28. The van der Waals surface area contributed by atoms with Gasteiger partial charge in [0, 0.05) is 13.1 Å². The van der Waals surface area contributed by atoms with E-state index in [0.29, 0.717) is 0 Å². The van der Waals surface area contributed by atoms with Crippen LogP contribution in [0.4, 0.5) is 0 Å². The van der Waals surface area contributed by atoms with Gasteiger partial charge in [0.25, 0.3) is 0 Å². The molecule has 0 atom stereocenters. The standard InChI is InChI=1S/C18H35N/c1-4-6-8-9-10-12-17(11-7-5-2)18-13-15-19(3)16-14-18/h4-16H2,1-3H3. The van der Waals surface area contributed by atoms with Crippen molar-refractivity contribution in [3.63, 3.8) is 0 Å². The van der Waals surface area contributed by atoms with Gasteiger partial charge >= 0.3 is 0 Å². The fourth-order valence-electron chi connectivity index (χ4n) is 3.05. The molecule has 19 heavy (non-hydrogen) atoms. The lowest BCUT2D eigenvalue weighted by Gasteiger charge is -2.26. The number of nitrogens with zero attached hydrogens (tertiary/aromatic N) is 1. The van der Waals surface area contributed by atoms with E-state index in [9.17, 15) is 0 Å². The van der Waals surface area contributed by atoms with E-state index in [0.717, 1.165) is 0 Å². The minimum Gasteiger partial charge on any atom is -0.306 e. The maximum absolute atomic E-state index is 2.47. The monoisotopic (exact) mass is 265 g/mol. The quantitative estimate of drug-likeness (QED) is 0.390. The van der Waals surface area contributed by atoms with Crippen molar-refractivity contribution in [3.8, 4) is 0 Å². The molecule has 0 amide bonds. The molecular formula is C18H35N. The van der Waals surface area contributed by atoms with Crippen LogP contribution in [-0.2, 0) is 0 Å². The molecule has 1 saturated heterocycles. The number of piperidine rings is 1. The smallest absolute Gasteiger partial charge is 0.00158 e. The SMILES string of the molecule is CCCCCCCC(CCCC)=C1CCN(C)CC1. The largest absolute Gasteiger partial charge is 0.306 e. The first-order chi connectivity index (χ1) is 9.27. The number of hydrogen-bond acceptors (Lipinski definition) is 1. The third-order valence-electron chi connectivity index (χ3n) is 4.50. The molecule has 1 nitrogen and oxygen atoms in total. The molecule has 0 aromatic heterocycles. The zero-order valence-electron chi connectivity index (χ0n) is 13.6. The van der Waals surface area contributed by atoms with E-state index in [1.807, 2.05) is 11.1 Å². The predicted octanol–water partition coefficient (Wildman–Crippen LogP) is 5.56. The Morgan fingerprint density at radius 1 is 0.842 bits per heavy atom. The summed E-state index contributed by atoms with van der Waals surface area (Å²) in [5.74, 6) is 0. The first kappa shape index (κ1) is 16.8. The molecule has 1 heteroatoms. The summed E-state index contributed by atoms with van der Waals surface area (Å²) in [4.78, 5) is 2.47. The molecule has 0 aromatic carbocycles. The average molecular weight is 265 g/mol. The van der Waals surface area contributed by atoms with E-state index in [1.54, 1.807) is 0 Å². The van der Waals surface area contributed by atoms with Crippen molar-refractivity contribution in [2.45, 2.75) is 84.5 Å². The number of unbranched alkanes of at least 4 members (excludes halogenated alkanes) is 5. The van der Waals surface area contributed by atoms with E-state index in [2.05, 4.69) is 25.8 Å². The highest BCUT2D eigenvalue weighted by Crippen LogP contribution is 2.26. The molecule has 1 fully saturated rings. The van der Waals surface area contributed by atoms with Crippen molar-refractivity contribution in [2.75, 3.05) is 20.1 Å². The lowest BCUT2D eigenvalue weighted by atomic mass is 9.91. The maximum Gasteiger partial charge on any atom is 0.00158 e. The van der Waals surface area contributed by atoms with Crippen LogP contribution in [0.2, 0.25) is 0 Å². The Hall–Kier alpha value is -0.300. The van der Waals surface area contributed by atoms with Gasteiger partial charge in [-0.1, -0.05) is 57.1 Å². The highest BCUT2D eigenvalue weighted by atomic mass is 15.1. The first-order valence-corrected chi connectivity index (χ1v) is 8.66. The van der Waals surface area contributed by atoms with Gasteiger partial charge in [-0.25, -0.2) is 0 Å². The topological polar surface area (TPSA) is 3.24 Å². The van der Waals surface area contributed by atoms with Crippen molar-refractivity contribution in [3.05, 3.63) is 11.1 Å². The van der Waals surface area contributed by atoms with Crippen molar-refractivity contribution in [1.29, 1.82) is 0 Å². The summed E-state index contributed by atoms with van der Waals surface area (Å²) in [5, 5.41) is 0. The minimum atomic E-state index is 1.28. The van der Waals surface area contributed by atoms with Crippen LogP contribution in [0.3, 0.4) is 0 Å². The van der Waals surface area contributed by atoms with Crippen LogP contribution >= 0.6 is 0 Å². The third kappa shape index (κ3) is 7.15. The Kier molecular flexibility index (Phi) is 9.24. The van der Waals surface area contributed by atoms with Crippen LogP contribution < -0.4 is 0 Å². The lowest BCUT2D eigenvalue weighted by Crippen LogP contribution is -2.27. The van der Waals surface area contributed by atoms with Crippen molar-refractivity contribution >= 4 is 0 Å². The number of hydrogen-bond donors (Lipinski definition) is 0. The van der Waals surface area contributed by atoms with Gasteiger partial charge in [0.1, 0.15) is 0 Å². The molecule has 0 bridgehead atoms. The van der Waals surface area contributed by atoms with Gasteiger partial charge in [-0.15, -0.1) is 0 Å². The summed E-state index contributed by atoms with van der Waals surface area (Å²) < 4.78 is 0. The molecule has 112 valence electrons. The van der Waals surface area contributed by atoms with E-state index >= 15 is 0 Å².